The summed E-state index contributed by atoms with van der Waals surface area (Å²) in [5, 5.41) is 2.93. The van der Waals surface area contributed by atoms with Crippen LogP contribution in [-0.2, 0) is 27.5 Å². The molecule has 1 amide bonds. The molecule has 0 saturated carbocycles. The number of rotatable bonds is 8. The van der Waals surface area contributed by atoms with Crippen molar-refractivity contribution in [2.24, 2.45) is 11.3 Å². The summed E-state index contributed by atoms with van der Waals surface area (Å²) < 4.78 is 24.3. The van der Waals surface area contributed by atoms with Gasteiger partial charge in [-0.1, -0.05) is 45.0 Å². The Bertz CT molecular complexity index is 911. The van der Waals surface area contributed by atoms with Gasteiger partial charge in [0.25, 0.3) is 0 Å². The summed E-state index contributed by atoms with van der Waals surface area (Å²) in [4.78, 5) is 25.1. The van der Waals surface area contributed by atoms with E-state index in [1.165, 1.54) is 12.1 Å². The van der Waals surface area contributed by atoms with Crippen LogP contribution in [0.15, 0.2) is 48.5 Å². The summed E-state index contributed by atoms with van der Waals surface area (Å²) in [5.74, 6) is -0.715. The molecule has 0 aliphatic carbocycles. The number of ether oxygens (including phenoxy) is 2. The first-order valence-corrected chi connectivity index (χ1v) is 10.8. The number of esters is 1. The average Bonchev–Trinajstić information content (AvgIpc) is 2.67. The van der Waals surface area contributed by atoms with E-state index in [0.717, 1.165) is 11.1 Å². The molecule has 0 fully saturated rings. The lowest BCUT2D eigenvalue weighted by Gasteiger charge is -2.30. The maximum Gasteiger partial charge on any atom is 0.307 e. The lowest BCUT2D eigenvalue weighted by Crippen LogP contribution is -2.40. The third-order valence-electron chi connectivity index (χ3n) is 4.84. The molecular weight excluding hydrogens is 409 g/mol. The molecule has 0 unspecified atom stereocenters. The number of nitrogens with one attached hydrogen (secondary N) is 1. The molecule has 1 N–H and O–H groups in total. The van der Waals surface area contributed by atoms with Gasteiger partial charge in [-0.3, -0.25) is 9.59 Å². The van der Waals surface area contributed by atoms with Gasteiger partial charge in [0, 0.05) is 6.54 Å². The van der Waals surface area contributed by atoms with Crippen LogP contribution in [0.3, 0.4) is 0 Å². The van der Waals surface area contributed by atoms with E-state index < -0.39 is 16.9 Å². The predicted molar refractivity (Wildman–Crippen MR) is 122 cm³/mol. The lowest BCUT2D eigenvalue weighted by molar-refractivity contribution is -0.159. The number of carbonyl (C=O) groups excluding carboxylic acids is 2. The number of carbonyl (C=O) groups is 2. The molecule has 0 saturated heterocycles. The van der Waals surface area contributed by atoms with Crippen LogP contribution in [0.5, 0.6) is 5.75 Å². The van der Waals surface area contributed by atoms with Gasteiger partial charge in [0.1, 0.15) is 23.8 Å². The second kappa shape index (κ2) is 10.6. The average molecular weight is 444 g/mol. The highest BCUT2D eigenvalue weighted by atomic mass is 19.1. The van der Waals surface area contributed by atoms with Gasteiger partial charge >= 0.3 is 5.97 Å². The van der Waals surface area contributed by atoms with Crippen molar-refractivity contribution in [3.8, 4) is 5.75 Å². The van der Waals surface area contributed by atoms with Gasteiger partial charge in [-0.15, -0.1) is 0 Å². The maximum absolute atomic E-state index is 13.3. The van der Waals surface area contributed by atoms with E-state index in [4.69, 9.17) is 9.47 Å². The van der Waals surface area contributed by atoms with Crippen molar-refractivity contribution < 1.29 is 23.5 Å². The smallest absolute Gasteiger partial charge is 0.307 e. The summed E-state index contributed by atoms with van der Waals surface area (Å²) in [6.07, 6.45) is 0.0272. The molecule has 0 spiro atoms. The van der Waals surface area contributed by atoms with Gasteiger partial charge < -0.3 is 14.8 Å². The van der Waals surface area contributed by atoms with Crippen molar-refractivity contribution in [3.05, 3.63) is 65.5 Å². The zero-order valence-corrected chi connectivity index (χ0v) is 19.8. The first-order chi connectivity index (χ1) is 14.8. The van der Waals surface area contributed by atoms with Crippen molar-refractivity contribution in [2.45, 2.75) is 66.7 Å². The van der Waals surface area contributed by atoms with E-state index in [-0.39, 0.29) is 30.7 Å². The predicted octanol–water partition coefficient (Wildman–Crippen LogP) is 5.42. The van der Waals surface area contributed by atoms with E-state index >= 15 is 0 Å². The van der Waals surface area contributed by atoms with Crippen LogP contribution in [0.2, 0.25) is 0 Å². The minimum atomic E-state index is -0.589. The van der Waals surface area contributed by atoms with Crippen LogP contribution >= 0.6 is 0 Å². The second-order valence-corrected chi connectivity index (χ2v) is 9.99. The summed E-state index contributed by atoms with van der Waals surface area (Å²) >= 11 is 0. The quantitative estimate of drug-likeness (QED) is 0.554. The number of benzene rings is 2. The topological polar surface area (TPSA) is 64.6 Å². The molecule has 5 nitrogen and oxygen atoms in total. The molecule has 0 heterocycles. The Morgan fingerprint density at radius 2 is 1.62 bits per heavy atom. The van der Waals surface area contributed by atoms with Gasteiger partial charge in [-0.05, 0) is 61.6 Å². The first kappa shape index (κ1) is 25.4. The minimum Gasteiger partial charge on any atom is -0.489 e. The number of hydrogen-bond acceptors (Lipinski definition) is 4. The first-order valence-electron chi connectivity index (χ1n) is 10.8. The number of amides is 1. The van der Waals surface area contributed by atoms with Crippen molar-refractivity contribution in [1.82, 2.24) is 5.32 Å². The summed E-state index contributed by atoms with van der Waals surface area (Å²) in [6.45, 7) is 11.8. The Morgan fingerprint density at radius 3 is 2.19 bits per heavy atom. The summed E-state index contributed by atoms with van der Waals surface area (Å²) in [7, 11) is 0. The molecule has 1 atom stereocenters. The Labute approximate surface area is 190 Å². The highest BCUT2D eigenvalue weighted by Crippen LogP contribution is 2.30. The van der Waals surface area contributed by atoms with Crippen LogP contribution in [0.25, 0.3) is 0 Å². The molecule has 174 valence electrons. The van der Waals surface area contributed by atoms with E-state index in [1.807, 2.05) is 65.8 Å². The third kappa shape index (κ3) is 8.69. The van der Waals surface area contributed by atoms with Gasteiger partial charge in [-0.25, -0.2) is 4.39 Å². The normalized spacial score (nSPS) is 12.7. The van der Waals surface area contributed by atoms with Crippen molar-refractivity contribution in [1.29, 1.82) is 0 Å². The van der Waals surface area contributed by atoms with E-state index in [1.54, 1.807) is 12.1 Å². The molecule has 2 rings (SSSR count). The zero-order valence-electron chi connectivity index (χ0n) is 19.8. The van der Waals surface area contributed by atoms with Crippen molar-refractivity contribution >= 4 is 11.9 Å². The van der Waals surface area contributed by atoms with Crippen molar-refractivity contribution in [2.75, 3.05) is 0 Å². The Balaban J connectivity index is 1.91. The Hall–Kier alpha value is -2.89. The maximum atomic E-state index is 13.3. The number of hydrogen-bond donors (Lipinski definition) is 1. The van der Waals surface area contributed by atoms with Crippen LogP contribution in [0, 0.1) is 17.2 Å². The van der Waals surface area contributed by atoms with Crippen LogP contribution in [0.1, 0.15) is 59.1 Å². The van der Waals surface area contributed by atoms with Gasteiger partial charge in [0.2, 0.25) is 5.91 Å². The largest absolute Gasteiger partial charge is 0.489 e. The second-order valence-electron chi connectivity index (χ2n) is 9.99. The van der Waals surface area contributed by atoms with Gasteiger partial charge in [0.15, 0.2) is 0 Å². The highest BCUT2D eigenvalue weighted by Gasteiger charge is 2.34. The van der Waals surface area contributed by atoms with E-state index in [0.29, 0.717) is 12.3 Å². The fraction of sp³-hybridized carbons (Fsp3) is 0.462. The van der Waals surface area contributed by atoms with Gasteiger partial charge in [0.05, 0.1) is 12.3 Å². The molecule has 6 heteroatoms. The monoisotopic (exact) mass is 443 g/mol. The van der Waals surface area contributed by atoms with Crippen LogP contribution in [-0.4, -0.2) is 17.5 Å². The number of halogens is 1. The summed E-state index contributed by atoms with van der Waals surface area (Å²) in [5.41, 5.74) is 0.672. The molecule has 0 aliphatic heterocycles. The molecule has 32 heavy (non-hydrogen) atoms. The van der Waals surface area contributed by atoms with Crippen LogP contribution < -0.4 is 10.1 Å². The van der Waals surface area contributed by atoms with Gasteiger partial charge in [-0.2, -0.15) is 0 Å². The zero-order chi connectivity index (χ0) is 23.9. The molecule has 2 aromatic carbocycles. The molecule has 0 aromatic heterocycles. The van der Waals surface area contributed by atoms with Crippen molar-refractivity contribution in [3.63, 3.8) is 0 Å². The fourth-order valence-corrected chi connectivity index (χ4v) is 3.15. The molecule has 0 aliphatic rings. The molecule has 0 bridgehead atoms. The van der Waals surface area contributed by atoms with Crippen LogP contribution in [0.4, 0.5) is 4.39 Å². The fourth-order valence-electron chi connectivity index (χ4n) is 3.15. The van der Waals surface area contributed by atoms with E-state index in [2.05, 4.69) is 5.32 Å². The lowest BCUT2D eigenvalue weighted by atomic mass is 9.78. The minimum absolute atomic E-state index is 0.0272. The SMILES string of the molecule is CC(C)(C)OC(=O)C[C@@H](C(=O)NCc1ccc(OCc2cccc(F)c2)cc1)C(C)(C)C. The summed E-state index contributed by atoms with van der Waals surface area (Å²) in [6, 6.07) is 13.6. The third-order valence-corrected chi connectivity index (χ3v) is 4.84. The molecular formula is C26H34FNO4. The molecule has 0 radical (unpaired) electrons. The Kier molecular flexibility index (Phi) is 8.42. The highest BCUT2D eigenvalue weighted by molar-refractivity contribution is 5.84. The molecule has 2 aromatic rings. The Morgan fingerprint density at radius 1 is 0.969 bits per heavy atom. The van der Waals surface area contributed by atoms with E-state index in [9.17, 15) is 14.0 Å². The standard InChI is InChI=1S/C26H34FNO4/c1-25(2,3)22(15-23(29)32-26(4,5)6)24(30)28-16-18-10-12-21(13-11-18)31-17-19-8-7-9-20(27)14-19/h7-14,22H,15-17H2,1-6H3,(H,28,30)/t22-/m0/s1.